The minimum atomic E-state index is -0.207. The third-order valence-corrected chi connectivity index (χ3v) is 4.57. The van der Waals surface area contributed by atoms with Crippen molar-refractivity contribution in [2.45, 2.75) is 38.8 Å². The Hall–Kier alpha value is -1.07. The normalized spacial score (nSPS) is 24.5. The first-order valence-corrected chi connectivity index (χ1v) is 7.80. The maximum Gasteiger partial charge on any atom is 0.222 e. The number of anilines is 1. The quantitative estimate of drug-likeness (QED) is 0.888. The number of primary amides is 1. The van der Waals surface area contributed by atoms with Crippen molar-refractivity contribution in [3.63, 3.8) is 0 Å². The molecule has 4 N–H and O–H groups in total. The standard InChI is InChI=1S/C15H22BrN3O/c1-9-3-4-11(15(18)20)8-19(9)14-6-5-12(16)7-13(14)10(2)17/h5-7,9-11H,3-4,8,17H2,1-2H3,(H2,18,20). The zero-order valence-electron chi connectivity index (χ0n) is 12.0. The second-order valence-electron chi connectivity index (χ2n) is 5.67. The molecule has 0 aliphatic carbocycles. The Morgan fingerprint density at radius 1 is 1.45 bits per heavy atom. The van der Waals surface area contributed by atoms with Gasteiger partial charge in [-0.25, -0.2) is 0 Å². The van der Waals surface area contributed by atoms with E-state index < -0.39 is 0 Å². The van der Waals surface area contributed by atoms with Crippen molar-refractivity contribution in [2.75, 3.05) is 11.4 Å². The predicted molar refractivity (Wildman–Crippen MR) is 85.5 cm³/mol. The van der Waals surface area contributed by atoms with E-state index in [1.807, 2.05) is 13.0 Å². The predicted octanol–water partition coefficient (Wildman–Crippen LogP) is 2.56. The second kappa shape index (κ2) is 6.14. The molecule has 2 rings (SSSR count). The number of rotatable bonds is 3. The third kappa shape index (κ3) is 3.15. The van der Waals surface area contributed by atoms with Crippen LogP contribution in [0.25, 0.3) is 0 Å². The summed E-state index contributed by atoms with van der Waals surface area (Å²) < 4.78 is 1.02. The van der Waals surface area contributed by atoms with E-state index in [0.29, 0.717) is 12.6 Å². The number of amides is 1. The molecule has 110 valence electrons. The van der Waals surface area contributed by atoms with Gasteiger partial charge in [-0.3, -0.25) is 4.79 Å². The van der Waals surface area contributed by atoms with Crippen LogP contribution in [0.4, 0.5) is 5.69 Å². The number of hydrogen-bond acceptors (Lipinski definition) is 3. The molecule has 1 aromatic rings. The summed E-state index contributed by atoms with van der Waals surface area (Å²) >= 11 is 3.49. The summed E-state index contributed by atoms with van der Waals surface area (Å²) in [6, 6.07) is 6.48. The van der Waals surface area contributed by atoms with Gasteiger partial charge >= 0.3 is 0 Å². The number of halogens is 1. The van der Waals surface area contributed by atoms with Crippen LogP contribution in [-0.2, 0) is 4.79 Å². The lowest BCUT2D eigenvalue weighted by Crippen LogP contribution is -2.46. The van der Waals surface area contributed by atoms with Crippen molar-refractivity contribution < 1.29 is 4.79 Å². The van der Waals surface area contributed by atoms with Gasteiger partial charge in [0.25, 0.3) is 0 Å². The molecule has 1 aromatic carbocycles. The van der Waals surface area contributed by atoms with Crippen LogP contribution in [0.5, 0.6) is 0 Å². The van der Waals surface area contributed by atoms with Crippen LogP contribution in [0.2, 0.25) is 0 Å². The number of nitrogens with zero attached hydrogens (tertiary/aromatic N) is 1. The summed E-state index contributed by atoms with van der Waals surface area (Å²) in [7, 11) is 0. The first kappa shape index (κ1) is 15.3. The molecule has 20 heavy (non-hydrogen) atoms. The van der Waals surface area contributed by atoms with Crippen LogP contribution in [0.15, 0.2) is 22.7 Å². The van der Waals surface area contributed by atoms with Crippen LogP contribution in [0, 0.1) is 5.92 Å². The molecular weight excluding hydrogens is 318 g/mol. The van der Waals surface area contributed by atoms with Crippen LogP contribution in [0.3, 0.4) is 0 Å². The molecule has 1 heterocycles. The molecule has 1 amide bonds. The summed E-state index contributed by atoms with van der Waals surface area (Å²) in [5.74, 6) is -0.280. The summed E-state index contributed by atoms with van der Waals surface area (Å²) in [6.45, 7) is 4.84. The Bertz CT molecular complexity index is 504. The Morgan fingerprint density at radius 2 is 2.15 bits per heavy atom. The summed E-state index contributed by atoms with van der Waals surface area (Å²) in [5.41, 5.74) is 13.8. The molecule has 0 radical (unpaired) electrons. The van der Waals surface area contributed by atoms with Gasteiger partial charge in [-0.05, 0) is 50.5 Å². The zero-order valence-corrected chi connectivity index (χ0v) is 13.6. The van der Waals surface area contributed by atoms with Crippen LogP contribution < -0.4 is 16.4 Å². The summed E-state index contributed by atoms with van der Waals surface area (Å²) in [4.78, 5) is 13.7. The fourth-order valence-corrected chi connectivity index (χ4v) is 3.21. The van der Waals surface area contributed by atoms with Crippen LogP contribution in [-0.4, -0.2) is 18.5 Å². The topological polar surface area (TPSA) is 72.3 Å². The number of carbonyl (C=O) groups is 1. The highest BCUT2D eigenvalue weighted by atomic mass is 79.9. The van der Waals surface area contributed by atoms with Crippen LogP contribution in [0.1, 0.15) is 38.3 Å². The van der Waals surface area contributed by atoms with Gasteiger partial charge in [0.15, 0.2) is 0 Å². The average Bonchev–Trinajstić information content (AvgIpc) is 2.39. The molecule has 1 aliphatic rings. The summed E-state index contributed by atoms with van der Waals surface area (Å²) in [6.07, 6.45) is 1.85. The second-order valence-corrected chi connectivity index (χ2v) is 6.59. The van der Waals surface area contributed by atoms with Crippen molar-refractivity contribution in [3.8, 4) is 0 Å². The Balaban J connectivity index is 2.35. The number of carbonyl (C=O) groups excluding carboxylic acids is 1. The Labute approximate surface area is 128 Å². The van der Waals surface area contributed by atoms with Crippen LogP contribution >= 0.6 is 15.9 Å². The maximum atomic E-state index is 11.5. The molecule has 5 heteroatoms. The van der Waals surface area contributed by atoms with Crippen molar-refractivity contribution in [3.05, 3.63) is 28.2 Å². The lowest BCUT2D eigenvalue weighted by Gasteiger charge is -2.40. The van der Waals surface area contributed by atoms with E-state index in [1.165, 1.54) is 0 Å². The highest BCUT2D eigenvalue weighted by Gasteiger charge is 2.30. The van der Waals surface area contributed by atoms with E-state index in [-0.39, 0.29) is 17.9 Å². The highest BCUT2D eigenvalue weighted by Crippen LogP contribution is 2.34. The SMILES string of the molecule is CC(N)c1cc(Br)ccc1N1CC(C(N)=O)CCC1C. The van der Waals surface area contributed by atoms with Gasteiger partial charge in [0.05, 0.1) is 5.92 Å². The van der Waals surface area contributed by atoms with E-state index in [2.05, 4.69) is 39.9 Å². The van der Waals surface area contributed by atoms with E-state index in [9.17, 15) is 4.79 Å². The molecule has 1 saturated heterocycles. The number of piperidine rings is 1. The van der Waals surface area contributed by atoms with Gasteiger partial charge in [-0.15, -0.1) is 0 Å². The van der Waals surface area contributed by atoms with E-state index in [1.54, 1.807) is 0 Å². The van der Waals surface area contributed by atoms with Gasteiger partial charge in [0.2, 0.25) is 5.91 Å². The fourth-order valence-electron chi connectivity index (χ4n) is 2.83. The van der Waals surface area contributed by atoms with Gasteiger partial charge < -0.3 is 16.4 Å². The zero-order chi connectivity index (χ0) is 14.9. The van der Waals surface area contributed by atoms with Gasteiger partial charge in [0.1, 0.15) is 0 Å². The minimum absolute atomic E-state index is 0.0522. The van der Waals surface area contributed by atoms with E-state index in [0.717, 1.165) is 28.6 Å². The molecule has 1 aliphatic heterocycles. The monoisotopic (exact) mass is 339 g/mol. The Morgan fingerprint density at radius 3 is 2.75 bits per heavy atom. The number of hydrogen-bond donors (Lipinski definition) is 2. The molecule has 0 saturated carbocycles. The summed E-state index contributed by atoms with van der Waals surface area (Å²) in [5, 5.41) is 0. The fraction of sp³-hybridized carbons (Fsp3) is 0.533. The smallest absolute Gasteiger partial charge is 0.222 e. The van der Waals surface area contributed by atoms with E-state index >= 15 is 0 Å². The van der Waals surface area contributed by atoms with Crippen molar-refractivity contribution in [1.82, 2.24) is 0 Å². The van der Waals surface area contributed by atoms with Crippen molar-refractivity contribution in [2.24, 2.45) is 17.4 Å². The lowest BCUT2D eigenvalue weighted by molar-refractivity contribution is -0.122. The molecular formula is C15H22BrN3O. The average molecular weight is 340 g/mol. The largest absolute Gasteiger partial charge is 0.369 e. The molecule has 0 bridgehead atoms. The third-order valence-electron chi connectivity index (χ3n) is 4.07. The molecule has 0 spiro atoms. The van der Waals surface area contributed by atoms with Gasteiger partial charge in [0, 0.05) is 28.8 Å². The minimum Gasteiger partial charge on any atom is -0.369 e. The molecule has 4 nitrogen and oxygen atoms in total. The van der Waals surface area contributed by atoms with Crippen molar-refractivity contribution in [1.29, 1.82) is 0 Å². The number of benzene rings is 1. The highest BCUT2D eigenvalue weighted by molar-refractivity contribution is 9.10. The number of nitrogens with two attached hydrogens (primary N) is 2. The van der Waals surface area contributed by atoms with Gasteiger partial charge in [-0.2, -0.15) is 0 Å². The first-order chi connectivity index (χ1) is 9.40. The first-order valence-electron chi connectivity index (χ1n) is 7.01. The van der Waals surface area contributed by atoms with E-state index in [4.69, 9.17) is 11.5 Å². The molecule has 3 atom stereocenters. The Kier molecular flexibility index (Phi) is 4.70. The molecule has 1 fully saturated rings. The van der Waals surface area contributed by atoms with Crippen molar-refractivity contribution >= 4 is 27.5 Å². The molecule has 0 aromatic heterocycles. The lowest BCUT2D eigenvalue weighted by atomic mass is 9.91. The molecule has 3 unspecified atom stereocenters. The maximum absolute atomic E-state index is 11.5. The van der Waals surface area contributed by atoms with Gasteiger partial charge in [-0.1, -0.05) is 15.9 Å².